The molecule has 0 fully saturated rings. The predicted octanol–water partition coefficient (Wildman–Crippen LogP) is 3.88. The van der Waals surface area contributed by atoms with Crippen LogP contribution >= 0.6 is 0 Å². The Bertz CT molecular complexity index is 629. The van der Waals surface area contributed by atoms with Gasteiger partial charge in [0, 0.05) is 23.7 Å². The molecule has 4 unspecified atom stereocenters. The zero-order valence-corrected chi connectivity index (χ0v) is 13.6. The Labute approximate surface area is 140 Å². The summed E-state index contributed by atoms with van der Waals surface area (Å²) in [6.07, 6.45) is 0. The Morgan fingerprint density at radius 2 is 0.958 bits per heavy atom. The van der Waals surface area contributed by atoms with E-state index in [0.717, 1.165) is 11.1 Å². The highest BCUT2D eigenvalue weighted by molar-refractivity contribution is 5.30. The highest BCUT2D eigenvalue weighted by atomic mass is 16.6. The van der Waals surface area contributed by atoms with E-state index < -0.39 is 23.9 Å². The van der Waals surface area contributed by atoms with Gasteiger partial charge in [-0.3, -0.25) is 20.2 Å². The van der Waals surface area contributed by atoms with Crippen molar-refractivity contribution >= 4 is 0 Å². The van der Waals surface area contributed by atoms with Crippen LogP contribution in [-0.4, -0.2) is 21.9 Å². The molecule has 0 N–H and O–H groups in total. The molecule has 0 spiro atoms. The van der Waals surface area contributed by atoms with Crippen molar-refractivity contribution in [3.63, 3.8) is 0 Å². The summed E-state index contributed by atoms with van der Waals surface area (Å²) in [5.41, 5.74) is 1.48. The number of hydrogen-bond acceptors (Lipinski definition) is 4. The van der Waals surface area contributed by atoms with Crippen molar-refractivity contribution in [2.75, 3.05) is 0 Å². The average molecular weight is 328 g/mol. The minimum Gasteiger partial charge on any atom is -0.264 e. The van der Waals surface area contributed by atoms with Gasteiger partial charge in [0.2, 0.25) is 12.1 Å². The molecule has 126 valence electrons. The van der Waals surface area contributed by atoms with E-state index in [2.05, 4.69) is 0 Å². The van der Waals surface area contributed by atoms with Gasteiger partial charge in [0.05, 0.1) is 11.8 Å². The monoisotopic (exact) mass is 328 g/mol. The summed E-state index contributed by atoms with van der Waals surface area (Å²) in [5.74, 6) is -1.19. The summed E-state index contributed by atoms with van der Waals surface area (Å²) in [6.45, 7) is 3.03. The highest BCUT2D eigenvalue weighted by Gasteiger charge is 2.43. The Balaban J connectivity index is 2.60. The van der Waals surface area contributed by atoms with Gasteiger partial charge < -0.3 is 0 Å². The van der Waals surface area contributed by atoms with Crippen LogP contribution < -0.4 is 0 Å². The predicted molar refractivity (Wildman–Crippen MR) is 91.3 cm³/mol. The molecular formula is C18H20N2O4. The fraction of sp³-hybridized carbons (Fsp3) is 0.333. The van der Waals surface area contributed by atoms with Crippen LogP contribution in [0.5, 0.6) is 0 Å². The van der Waals surface area contributed by atoms with Crippen molar-refractivity contribution in [2.24, 2.45) is 0 Å². The molecule has 0 radical (unpaired) electrons. The smallest absolute Gasteiger partial charge is 0.218 e. The first-order valence-corrected chi connectivity index (χ1v) is 7.80. The second-order valence-electron chi connectivity index (χ2n) is 5.92. The van der Waals surface area contributed by atoms with Gasteiger partial charge in [0.1, 0.15) is 0 Å². The third-order valence-electron chi connectivity index (χ3n) is 4.46. The molecule has 6 heteroatoms. The lowest BCUT2D eigenvalue weighted by molar-refractivity contribution is -0.539. The van der Waals surface area contributed by atoms with Gasteiger partial charge in [-0.05, 0) is 11.1 Å². The molecule has 6 nitrogen and oxygen atoms in total. The minimum absolute atomic E-state index is 0.361. The summed E-state index contributed by atoms with van der Waals surface area (Å²) >= 11 is 0. The lowest BCUT2D eigenvalue weighted by atomic mass is 9.74. The molecule has 2 aromatic rings. The van der Waals surface area contributed by atoms with Gasteiger partial charge in [-0.25, -0.2) is 0 Å². The molecule has 0 bridgehead atoms. The molecule has 0 saturated carbocycles. The second-order valence-corrected chi connectivity index (χ2v) is 5.92. The third kappa shape index (κ3) is 3.76. The van der Waals surface area contributed by atoms with Crippen LogP contribution in [0.1, 0.15) is 36.8 Å². The normalized spacial score (nSPS) is 15.9. The van der Waals surface area contributed by atoms with E-state index in [0.29, 0.717) is 0 Å². The van der Waals surface area contributed by atoms with Crippen molar-refractivity contribution in [3.8, 4) is 0 Å². The van der Waals surface area contributed by atoms with E-state index in [-0.39, 0.29) is 9.85 Å². The van der Waals surface area contributed by atoms with Crippen LogP contribution in [0.3, 0.4) is 0 Å². The summed E-state index contributed by atoms with van der Waals surface area (Å²) in [6, 6.07) is 16.2. The lowest BCUT2D eigenvalue weighted by Gasteiger charge is -2.29. The Kier molecular flexibility index (Phi) is 5.63. The van der Waals surface area contributed by atoms with Crippen molar-refractivity contribution in [1.29, 1.82) is 0 Å². The van der Waals surface area contributed by atoms with Crippen molar-refractivity contribution in [1.82, 2.24) is 0 Å². The lowest BCUT2D eigenvalue weighted by Crippen LogP contribution is -2.36. The maximum Gasteiger partial charge on any atom is 0.218 e. The van der Waals surface area contributed by atoms with Crippen LogP contribution in [0.4, 0.5) is 0 Å². The molecule has 0 aliphatic heterocycles. The fourth-order valence-electron chi connectivity index (χ4n) is 3.18. The summed E-state index contributed by atoms with van der Waals surface area (Å²) < 4.78 is 0. The number of nitrogens with zero attached hydrogens (tertiary/aromatic N) is 2. The zero-order chi connectivity index (χ0) is 17.7. The number of hydrogen-bond donors (Lipinski definition) is 0. The number of benzene rings is 2. The first-order valence-electron chi connectivity index (χ1n) is 7.80. The van der Waals surface area contributed by atoms with Crippen LogP contribution in [0.25, 0.3) is 0 Å². The van der Waals surface area contributed by atoms with Crippen molar-refractivity contribution in [2.45, 2.75) is 37.8 Å². The molecule has 0 saturated heterocycles. The van der Waals surface area contributed by atoms with Crippen molar-refractivity contribution in [3.05, 3.63) is 92.0 Å². The molecule has 2 aromatic carbocycles. The molecule has 24 heavy (non-hydrogen) atoms. The van der Waals surface area contributed by atoms with E-state index in [1.807, 2.05) is 12.1 Å². The van der Waals surface area contributed by atoms with E-state index in [4.69, 9.17) is 0 Å². The average Bonchev–Trinajstić information content (AvgIpc) is 2.59. The number of rotatable bonds is 7. The maximum atomic E-state index is 11.5. The van der Waals surface area contributed by atoms with Gasteiger partial charge in [0.15, 0.2) is 0 Å². The first kappa shape index (κ1) is 17.6. The van der Waals surface area contributed by atoms with Crippen LogP contribution in [0.2, 0.25) is 0 Å². The summed E-state index contributed by atoms with van der Waals surface area (Å²) in [5, 5.41) is 23.0. The Morgan fingerprint density at radius 1 is 0.667 bits per heavy atom. The van der Waals surface area contributed by atoms with Crippen LogP contribution in [0.15, 0.2) is 60.7 Å². The van der Waals surface area contributed by atoms with E-state index in [1.54, 1.807) is 48.5 Å². The largest absolute Gasteiger partial charge is 0.264 e. The number of nitro groups is 2. The molecule has 0 amide bonds. The molecule has 0 aromatic heterocycles. The summed E-state index contributed by atoms with van der Waals surface area (Å²) in [4.78, 5) is 22.2. The fourth-order valence-corrected chi connectivity index (χ4v) is 3.18. The van der Waals surface area contributed by atoms with Gasteiger partial charge in [-0.2, -0.15) is 0 Å². The van der Waals surface area contributed by atoms with Gasteiger partial charge in [0.25, 0.3) is 0 Å². The van der Waals surface area contributed by atoms with Crippen LogP contribution in [0, 0.1) is 20.2 Å². The molecule has 0 heterocycles. The van der Waals surface area contributed by atoms with E-state index in [9.17, 15) is 20.2 Å². The standard InChI is InChI=1S/C18H20N2O4/c1-13(19(21)22)17(15-9-5-3-6-10-15)18(14(2)20(23)24)16-11-7-4-8-12-16/h3-14,17-18H,1-2H3. The third-order valence-corrected chi connectivity index (χ3v) is 4.46. The van der Waals surface area contributed by atoms with E-state index >= 15 is 0 Å². The quantitative estimate of drug-likeness (QED) is 0.570. The van der Waals surface area contributed by atoms with Gasteiger partial charge in [-0.15, -0.1) is 0 Å². The van der Waals surface area contributed by atoms with Crippen LogP contribution in [-0.2, 0) is 0 Å². The molecule has 0 aliphatic carbocycles. The van der Waals surface area contributed by atoms with E-state index in [1.165, 1.54) is 13.8 Å². The molecular weight excluding hydrogens is 308 g/mol. The highest BCUT2D eigenvalue weighted by Crippen LogP contribution is 2.39. The zero-order valence-electron chi connectivity index (χ0n) is 13.6. The SMILES string of the molecule is CC(C(c1ccccc1)C(c1ccccc1)C(C)[N+](=O)[O-])[N+](=O)[O-]. The molecule has 2 rings (SSSR count). The summed E-state index contributed by atoms with van der Waals surface area (Å²) in [7, 11) is 0. The van der Waals surface area contributed by atoms with Gasteiger partial charge in [-0.1, -0.05) is 60.7 Å². The molecule has 0 aliphatic rings. The minimum atomic E-state index is -0.944. The van der Waals surface area contributed by atoms with Gasteiger partial charge >= 0.3 is 0 Å². The maximum absolute atomic E-state index is 11.5. The Hall–Kier alpha value is -2.76. The second kappa shape index (κ2) is 7.68. The first-order chi connectivity index (χ1) is 11.4. The van der Waals surface area contributed by atoms with Crippen molar-refractivity contribution < 1.29 is 9.85 Å². The molecule has 4 atom stereocenters. The topological polar surface area (TPSA) is 86.3 Å². The Morgan fingerprint density at radius 3 is 1.21 bits per heavy atom.